The Morgan fingerprint density at radius 3 is 2.62 bits per heavy atom. The first-order chi connectivity index (χ1) is 3.68. The molecule has 2 nitrogen and oxygen atoms in total. The maximum atomic E-state index is 5.27. The Morgan fingerprint density at radius 1 is 2.00 bits per heavy atom. The lowest BCUT2D eigenvalue weighted by Crippen LogP contribution is -2.32. The fraction of sp³-hybridized carbons (Fsp3) is 0.250. The van der Waals surface area contributed by atoms with Crippen molar-refractivity contribution in [2.24, 2.45) is 5.84 Å². The molecule has 0 aromatic rings. The monoisotopic (exact) mass is 148 g/mol. The minimum atomic E-state index is 0.380. The molecule has 0 aliphatic rings. The van der Waals surface area contributed by atoms with Crippen molar-refractivity contribution in [3.8, 4) is 0 Å². The number of rotatable bonds is 2. The molecule has 2 N–H and O–H groups in total. The molecule has 0 saturated carbocycles. The number of nitrogens with two attached hydrogens (primary N) is 1. The van der Waals surface area contributed by atoms with E-state index in [4.69, 9.17) is 5.84 Å². The van der Waals surface area contributed by atoms with Crippen LogP contribution in [0.15, 0.2) is 12.7 Å². The smallest absolute Gasteiger partial charge is 0.147 e. The zero-order valence-electron chi connectivity index (χ0n) is 4.37. The van der Waals surface area contributed by atoms with Crippen molar-refractivity contribution in [3.05, 3.63) is 12.7 Å². The molecule has 0 aliphatic carbocycles. The second-order valence-electron chi connectivity index (χ2n) is 1.22. The third-order valence-corrected chi connectivity index (χ3v) is 1.06. The van der Waals surface area contributed by atoms with Crippen molar-refractivity contribution in [2.45, 2.75) is 0 Å². The van der Waals surface area contributed by atoms with E-state index in [1.54, 1.807) is 6.08 Å². The van der Waals surface area contributed by atoms with Crippen LogP contribution < -0.4 is 5.84 Å². The molecule has 0 radical (unpaired) electrons. The second kappa shape index (κ2) is 3.88. The van der Waals surface area contributed by atoms with E-state index >= 15 is 0 Å². The van der Waals surface area contributed by atoms with Crippen molar-refractivity contribution in [1.29, 1.82) is 0 Å². The van der Waals surface area contributed by atoms with Crippen LogP contribution in [0.5, 0.6) is 0 Å². The molecule has 0 fully saturated rings. The van der Waals surface area contributed by atoms with Gasteiger partial charge in [-0.25, -0.2) is 5.84 Å². The van der Waals surface area contributed by atoms with Crippen molar-refractivity contribution in [2.75, 3.05) is 6.54 Å². The Kier molecular flexibility index (Phi) is 3.85. The molecular formula is C4H8N2S2. The summed E-state index contributed by atoms with van der Waals surface area (Å²) in [4.78, 5) is 0. The molecule has 0 heterocycles. The van der Waals surface area contributed by atoms with Crippen LogP contribution >= 0.6 is 24.8 Å². The van der Waals surface area contributed by atoms with E-state index in [-0.39, 0.29) is 0 Å². The summed E-state index contributed by atoms with van der Waals surface area (Å²) in [5, 5.41) is 1.32. The van der Waals surface area contributed by atoms with Crippen LogP contribution in [0.25, 0.3) is 0 Å². The van der Waals surface area contributed by atoms with Crippen LogP contribution in [0.1, 0.15) is 0 Å². The van der Waals surface area contributed by atoms with Gasteiger partial charge in [0.25, 0.3) is 0 Å². The molecule has 8 heavy (non-hydrogen) atoms. The zero-order valence-corrected chi connectivity index (χ0v) is 6.08. The van der Waals surface area contributed by atoms with Crippen LogP contribution in [0.2, 0.25) is 0 Å². The highest BCUT2D eigenvalue weighted by molar-refractivity contribution is 8.10. The summed E-state index contributed by atoms with van der Waals surface area (Å²) in [6, 6.07) is 0. The Hall–Kier alpha value is -0.0600. The third-order valence-electron chi connectivity index (χ3n) is 0.571. The fourth-order valence-electron chi connectivity index (χ4n) is 0.217. The molecular weight excluding hydrogens is 140 g/mol. The SMILES string of the molecule is C=CCN(N)C(=S)S. The van der Waals surface area contributed by atoms with Gasteiger partial charge in [0.2, 0.25) is 0 Å². The molecule has 4 heteroatoms. The van der Waals surface area contributed by atoms with E-state index in [1.165, 1.54) is 5.01 Å². The van der Waals surface area contributed by atoms with Gasteiger partial charge in [-0.05, 0) is 0 Å². The Morgan fingerprint density at radius 2 is 2.50 bits per heavy atom. The molecule has 0 atom stereocenters. The first kappa shape index (κ1) is 7.94. The topological polar surface area (TPSA) is 29.3 Å². The number of hydrogen-bond acceptors (Lipinski definition) is 2. The summed E-state index contributed by atoms with van der Waals surface area (Å²) in [5.74, 6) is 5.27. The van der Waals surface area contributed by atoms with Gasteiger partial charge in [0.15, 0.2) is 0 Å². The highest BCUT2D eigenvalue weighted by Crippen LogP contribution is 1.87. The van der Waals surface area contributed by atoms with E-state index < -0.39 is 0 Å². The molecule has 0 amide bonds. The summed E-state index contributed by atoms with van der Waals surface area (Å²) < 4.78 is 0.380. The lowest BCUT2D eigenvalue weighted by molar-refractivity contribution is 0.508. The van der Waals surface area contributed by atoms with Crippen LogP contribution in [-0.4, -0.2) is 15.9 Å². The number of thiol groups is 1. The molecule has 0 aromatic heterocycles. The van der Waals surface area contributed by atoms with Gasteiger partial charge >= 0.3 is 0 Å². The quantitative estimate of drug-likeness (QED) is 0.197. The molecule has 0 rings (SSSR count). The molecule has 0 aromatic carbocycles. The van der Waals surface area contributed by atoms with Crippen molar-refractivity contribution in [1.82, 2.24) is 5.01 Å². The average molecular weight is 148 g/mol. The van der Waals surface area contributed by atoms with Crippen LogP contribution in [0.4, 0.5) is 0 Å². The van der Waals surface area contributed by atoms with Crippen molar-refractivity contribution < 1.29 is 0 Å². The minimum Gasteiger partial charge on any atom is -0.292 e. The average Bonchev–Trinajstić information content (AvgIpc) is 1.67. The number of hydrazine groups is 1. The predicted octanol–water partition coefficient (Wildman–Crippen LogP) is 0.563. The van der Waals surface area contributed by atoms with Gasteiger partial charge < -0.3 is 0 Å². The summed E-state index contributed by atoms with van der Waals surface area (Å²) in [5.41, 5.74) is 0. The Labute approximate surface area is 59.7 Å². The normalized spacial score (nSPS) is 8.25. The number of thiocarbonyl (C=S) groups is 1. The lowest BCUT2D eigenvalue weighted by Gasteiger charge is -2.11. The van der Waals surface area contributed by atoms with E-state index in [0.717, 1.165) is 0 Å². The van der Waals surface area contributed by atoms with Crippen LogP contribution in [-0.2, 0) is 0 Å². The standard InChI is InChI=1S/C4H8N2S2/c1-2-3-6(5)4(7)8/h2H,1,3,5H2,(H,7,8). The lowest BCUT2D eigenvalue weighted by atomic mass is 10.6. The predicted molar refractivity (Wildman–Crippen MR) is 42.7 cm³/mol. The van der Waals surface area contributed by atoms with E-state index in [0.29, 0.717) is 10.9 Å². The van der Waals surface area contributed by atoms with Crippen molar-refractivity contribution in [3.63, 3.8) is 0 Å². The molecule has 0 spiro atoms. The van der Waals surface area contributed by atoms with Gasteiger partial charge in [0.05, 0.1) is 6.54 Å². The Balaban J connectivity index is 3.46. The van der Waals surface area contributed by atoms with Gasteiger partial charge in [0, 0.05) is 0 Å². The van der Waals surface area contributed by atoms with Gasteiger partial charge in [-0.1, -0.05) is 18.3 Å². The summed E-state index contributed by atoms with van der Waals surface area (Å²) >= 11 is 8.41. The highest BCUT2D eigenvalue weighted by atomic mass is 32.1. The molecule has 0 saturated heterocycles. The van der Waals surface area contributed by atoms with E-state index in [2.05, 4.69) is 31.4 Å². The fourth-order valence-corrected chi connectivity index (χ4v) is 0.373. The second-order valence-corrected chi connectivity index (χ2v) is 2.34. The zero-order chi connectivity index (χ0) is 6.57. The van der Waals surface area contributed by atoms with Gasteiger partial charge in [-0.2, -0.15) is 0 Å². The van der Waals surface area contributed by atoms with Crippen molar-refractivity contribution >= 4 is 29.2 Å². The molecule has 0 unspecified atom stereocenters. The largest absolute Gasteiger partial charge is 0.292 e. The van der Waals surface area contributed by atoms with Crippen LogP contribution in [0.3, 0.4) is 0 Å². The molecule has 0 bridgehead atoms. The summed E-state index contributed by atoms with van der Waals surface area (Å²) in [7, 11) is 0. The van der Waals surface area contributed by atoms with Gasteiger partial charge in [0.1, 0.15) is 4.32 Å². The summed E-state index contributed by atoms with van der Waals surface area (Å²) in [6.07, 6.45) is 1.66. The Bertz CT molecular complexity index is 102. The van der Waals surface area contributed by atoms with Crippen LogP contribution in [0, 0.1) is 0 Å². The van der Waals surface area contributed by atoms with E-state index in [1.807, 2.05) is 0 Å². The molecule has 46 valence electrons. The van der Waals surface area contributed by atoms with Gasteiger partial charge in [-0.3, -0.25) is 5.01 Å². The third kappa shape index (κ3) is 3.01. The first-order valence-corrected chi connectivity index (χ1v) is 2.90. The first-order valence-electron chi connectivity index (χ1n) is 2.04. The minimum absolute atomic E-state index is 0.380. The number of hydrogen-bond donors (Lipinski definition) is 2. The highest BCUT2D eigenvalue weighted by Gasteiger charge is 1.92. The van der Waals surface area contributed by atoms with E-state index in [9.17, 15) is 0 Å². The number of nitrogens with zero attached hydrogens (tertiary/aromatic N) is 1. The maximum Gasteiger partial charge on any atom is 0.147 e. The summed E-state index contributed by atoms with van der Waals surface area (Å²) in [6.45, 7) is 4.01. The maximum absolute atomic E-state index is 5.27. The van der Waals surface area contributed by atoms with Gasteiger partial charge in [-0.15, -0.1) is 19.2 Å². The molecule has 0 aliphatic heterocycles.